The maximum absolute atomic E-state index is 13.2. The Morgan fingerprint density at radius 2 is 1.85 bits per heavy atom. The van der Waals surface area contributed by atoms with Crippen molar-refractivity contribution in [1.82, 2.24) is 14.7 Å². The molecular formula is C26H17N3O3S2. The number of benzene rings is 2. The fourth-order valence-electron chi connectivity index (χ4n) is 3.83. The van der Waals surface area contributed by atoms with Crippen molar-refractivity contribution in [2.24, 2.45) is 0 Å². The zero-order valence-corrected chi connectivity index (χ0v) is 19.4. The Labute approximate surface area is 204 Å². The van der Waals surface area contributed by atoms with Gasteiger partial charge in [-0.05, 0) is 42.5 Å². The molecule has 0 atom stereocenters. The van der Waals surface area contributed by atoms with Gasteiger partial charge in [0.2, 0.25) is 0 Å². The van der Waals surface area contributed by atoms with Crippen LogP contribution < -0.4 is 0 Å². The minimum absolute atomic E-state index is 0.158. The molecule has 0 saturated carbocycles. The van der Waals surface area contributed by atoms with Gasteiger partial charge in [-0.3, -0.25) is 9.69 Å². The molecule has 1 amide bonds. The first kappa shape index (κ1) is 20.7. The number of fused-ring (bicyclic) bond motifs is 1. The van der Waals surface area contributed by atoms with Gasteiger partial charge in [0, 0.05) is 17.1 Å². The second-order valence-corrected chi connectivity index (χ2v) is 9.38. The van der Waals surface area contributed by atoms with Gasteiger partial charge in [0.05, 0.1) is 23.4 Å². The third-order valence-electron chi connectivity index (χ3n) is 5.48. The molecule has 6 rings (SSSR count). The van der Waals surface area contributed by atoms with E-state index in [2.05, 4.69) is 0 Å². The lowest BCUT2D eigenvalue weighted by Crippen LogP contribution is -2.27. The lowest BCUT2D eigenvalue weighted by Gasteiger charge is -2.11. The summed E-state index contributed by atoms with van der Waals surface area (Å²) in [7, 11) is 0. The van der Waals surface area contributed by atoms with Crippen LogP contribution in [0.2, 0.25) is 0 Å². The van der Waals surface area contributed by atoms with E-state index in [-0.39, 0.29) is 5.91 Å². The second kappa shape index (κ2) is 8.48. The molecule has 0 radical (unpaired) electrons. The molecule has 0 aliphatic carbocycles. The molecule has 0 unspecified atom stereocenters. The molecule has 1 aliphatic rings. The SMILES string of the molecule is O=C1C(=Cc2cn(-c3ccccc3)nc2-c2cc3ccccc3o2)SC(=S)N1Cc1ccco1. The Balaban J connectivity index is 1.42. The number of hydrogen-bond donors (Lipinski definition) is 0. The van der Waals surface area contributed by atoms with Crippen LogP contribution in [0, 0.1) is 0 Å². The molecule has 0 N–H and O–H groups in total. The molecule has 0 spiro atoms. The first-order valence-corrected chi connectivity index (χ1v) is 11.8. The zero-order valence-electron chi connectivity index (χ0n) is 17.8. The van der Waals surface area contributed by atoms with Crippen molar-refractivity contribution in [1.29, 1.82) is 0 Å². The van der Waals surface area contributed by atoms with Crippen LogP contribution in [0.5, 0.6) is 0 Å². The highest BCUT2D eigenvalue weighted by atomic mass is 32.2. The van der Waals surface area contributed by atoms with Crippen LogP contribution in [0.25, 0.3) is 34.2 Å². The third kappa shape index (κ3) is 3.76. The summed E-state index contributed by atoms with van der Waals surface area (Å²) in [6.45, 7) is 0.300. The number of carbonyl (C=O) groups excluding carboxylic acids is 1. The molecule has 1 saturated heterocycles. The highest BCUT2D eigenvalue weighted by molar-refractivity contribution is 8.26. The maximum atomic E-state index is 13.2. The number of hydrogen-bond acceptors (Lipinski definition) is 6. The largest absolute Gasteiger partial charge is 0.467 e. The highest BCUT2D eigenvalue weighted by Crippen LogP contribution is 2.36. The summed E-state index contributed by atoms with van der Waals surface area (Å²) in [5.41, 5.74) is 3.10. The summed E-state index contributed by atoms with van der Waals surface area (Å²) >= 11 is 6.75. The lowest BCUT2D eigenvalue weighted by atomic mass is 10.1. The summed E-state index contributed by atoms with van der Waals surface area (Å²) in [6, 6.07) is 23.2. The summed E-state index contributed by atoms with van der Waals surface area (Å²) in [5, 5.41) is 5.80. The van der Waals surface area contributed by atoms with Crippen LogP contribution in [-0.2, 0) is 11.3 Å². The van der Waals surface area contributed by atoms with Crippen molar-refractivity contribution in [3.63, 3.8) is 0 Å². The van der Waals surface area contributed by atoms with Crippen molar-refractivity contribution in [2.75, 3.05) is 0 Å². The number of para-hydroxylation sites is 2. The minimum atomic E-state index is -0.158. The predicted octanol–water partition coefficient (Wildman–Crippen LogP) is 6.28. The molecule has 4 heterocycles. The molecule has 6 nitrogen and oxygen atoms in total. The molecule has 1 fully saturated rings. The van der Waals surface area contributed by atoms with Crippen LogP contribution in [0.3, 0.4) is 0 Å². The van der Waals surface area contributed by atoms with Crippen LogP contribution >= 0.6 is 24.0 Å². The third-order valence-corrected chi connectivity index (χ3v) is 6.85. The minimum Gasteiger partial charge on any atom is -0.467 e. The summed E-state index contributed by atoms with van der Waals surface area (Å²) in [5.74, 6) is 1.15. The normalized spacial score (nSPS) is 15.2. The molecule has 166 valence electrons. The summed E-state index contributed by atoms with van der Waals surface area (Å²) in [4.78, 5) is 15.2. The zero-order chi connectivity index (χ0) is 23.1. The van der Waals surface area contributed by atoms with Gasteiger partial charge in [-0.25, -0.2) is 4.68 Å². The van der Waals surface area contributed by atoms with Gasteiger partial charge < -0.3 is 8.83 Å². The lowest BCUT2D eigenvalue weighted by molar-refractivity contribution is -0.122. The smallest absolute Gasteiger partial charge is 0.266 e. The number of furan rings is 2. The van der Waals surface area contributed by atoms with Crippen molar-refractivity contribution in [3.05, 3.63) is 101 Å². The number of thiocarbonyl (C=S) groups is 1. The standard InChI is InChI=1S/C26H17N3O3S2/c30-25-23(34-26(33)28(25)16-20-10-6-12-31-20)14-18-15-29(19-8-2-1-3-9-19)27-24(18)22-13-17-7-4-5-11-21(17)32-22/h1-15H,16H2. The van der Waals surface area contributed by atoms with Gasteiger partial charge in [0.15, 0.2) is 5.76 Å². The number of thioether (sulfide) groups is 1. The van der Waals surface area contributed by atoms with Gasteiger partial charge in [0.1, 0.15) is 21.4 Å². The van der Waals surface area contributed by atoms with Crippen molar-refractivity contribution >= 4 is 51.3 Å². The number of aromatic nitrogens is 2. The van der Waals surface area contributed by atoms with E-state index < -0.39 is 0 Å². The maximum Gasteiger partial charge on any atom is 0.266 e. The van der Waals surface area contributed by atoms with Crippen LogP contribution in [0.4, 0.5) is 0 Å². The molecule has 34 heavy (non-hydrogen) atoms. The first-order chi connectivity index (χ1) is 16.7. The predicted molar refractivity (Wildman–Crippen MR) is 136 cm³/mol. The van der Waals surface area contributed by atoms with E-state index in [4.69, 9.17) is 26.2 Å². The summed E-state index contributed by atoms with van der Waals surface area (Å²) < 4.78 is 13.8. The Kier molecular flexibility index (Phi) is 5.16. The Morgan fingerprint density at radius 3 is 2.65 bits per heavy atom. The second-order valence-electron chi connectivity index (χ2n) is 7.71. The first-order valence-electron chi connectivity index (χ1n) is 10.6. The molecule has 5 aromatic rings. The molecule has 8 heteroatoms. The van der Waals surface area contributed by atoms with E-state index in [1.165, 1.54) is 11.8 Å². The average Bonchev–Trinajstić information content (AvgIpc) is 3.64. The van der Waals surface area contributed by atoms with Gasteiger partial charge in [0.25, 0.3) is 5.91 Å². The number of rotatable bonds is 5. The fourth-order valence-corrected chi connectivity index (χ4v) is 5.08. The molecule has 0 bridgehead atoms. The highest BCUT2D eigenvalue weighted by Gasteiger charge is 2.33. The Bertz CT molecular complexity index is 1520. The van der Waals surface area contributed by atoms with Gasteiger partial charge in [-0.1, -0.05) is 60.4 Å². The number of carbonyl (C=O) groups is 1. The quantitative estimate of drug-likeness (QED) is 0.217. The fraction of sp³-hybridized carbons (Fsp3) is 0.0385. The Morgan fingerprint density at radius 1 is 1.03 bits per heavy atom. The van der Waals surface area contributed by atoms with E-state index in [1.807, 2.05) is 79.0 Å². The number of nitrogens with zero attached hydrogens (tertiary/aromatic N) is 3. The summed E-state index contributed by atoms with van der Waals surface area (Å²) in [6.07, 6.45) is 5.31. The molecule has 2 aromatic carbocycles. The van der Waals surface area contributed by atoms with E-state index in [0.29, 0.717) is 33.0 Å². The average molecular weight is 484 g/mol. The number of amides is 1. The van der Waals surface area contributed by atoms with Crippen molar-refractivity contribution in [3.8, 4) is 17.1 Å². The van der Waals surface area contributed by atoms with Gasteiger partial charge in [-0.15, -0.1) is 0 Å². The topological polar surface area (TPSA) is 64.4 Å². The monoisotopic (exact) mass is 483 g/mol. The van der Waals surface area contributed by atoms with E-state index in [0.717, 1.165) is 22.2 Å². The van der Waals surface area contributed by atoms with Gasteiger partial charge in [-0.2, -0.15) is 5.10 Å². The van der Waals surface area contributed by atoms with E-state index in [9.17, 15) is 4.79 Å². The molecular weight excluding hydrogens is 466 g/mol. The van der Waals surface area contributed by atoms with E-state index in [1.54, 1.807) is 21.9 Å². The van der Waals surface area contributed by atoms with E-state index >= 15 is 0 Å². The molecule has 3 aromatic heterocycles. The van der Waals surface area contributed by atoms with Gasteiger partial charge >= 0.3 is 0 Å². The Hall–Kier alpha value is -3.88. The molecule has 1 aliphatic heterocycles. The van der Waals surface area contributed by atoms with Crippen LogP contribution in [0.1, 0.15) is 11.3 Å². The van der Waals surface area contributed by atoms with Crippen LogP contribution in [0.15, 0.2) is 99.0 Å². The van der Waals surface area contributed by atoms with Crippen molar-refractivity contribution in [2.45, 2.75) is 6.54 Å². The van der Waals surface area contributed by atoms with Crippen LogP contribution in [-0.4, -0.2) is 24.9 Å². The van der Waals surface area contributed by atoms with Crippen molar-refractivity contribution < 1.29 is 13.6 Å².